The van der Waals surface area contributed by atoms with E-state index in [-0.39, 0.29) is 16.7 Å². The number of anilines is 1. The minimum Gasteiger partial charge on any atom is -0.326 e. The highest BCUT2D eigenvalue weighted by Gasteiger charge is 2.60. The van der Waals surface area contributed by atoms with Crippen molar-refractivity contribution >= 4 is 34.8 Å². The number of carbonyl (C=O) groups is 1. The van der Waals surface area contributed by atoms with Crippen molar-refractivity contribution in [2.24, 2.45) is 17.3 Å². The second kappa shape index (κ2) is 6.50. The second-order valence-electron chi connectivity index (χ2n) is 9.47. The average molecular weight is 414 g/mol. The van der Waals surface area contributed by atoms with Gasteiger partial charge >= 0.3 is 0 Å². The van der Waals surface area contributed by atoms with Crippen LogP contribution in [-0.4, -0.2) is 5.91 Å². The topological polar surface area (TPSA) is 29.1 Å². The largest absolute Gasteiger partial charge is 0.326 e. The molecule has 0 aliphatic heterocycles. The normalized spacial score (nSPS) is 33.1. The summed E-state index contributed by atoms with van der Waals surface area (Å²) in [7, 11) is 0. The zero-order chi connectivity index (χ0) is 19.5. The van der Waals surface area contributed by atoms with E-state index in [4.69, 9.17) is 23.2 Å². The molecular weight excluding hydrogens is 389 g/mol. The molecular formula is C24H25Cl2NO. The predicted octanol–water partition coefficient (Wildman–Crippen LogP) is 6.78. The molecule has 4 saturated carbocycles. The first-order chi connectivity index (χ1) is 13.4. The number of nitrogens with one attached hydrogen (secondary N) is 1. The van der Waals surface area contributed by atoms with Crippen molar-refractivity contribution in [3.8, 4) is 0 Å². The minimum absolute atomic E-state index is 0.159. The van der Waals surface area contributed by atoms with Crippen molar-refractivity contribution in [1.29, 1.82) is 0 Å². The molecule has 0 aromatic heterocycles. The summed E-state index contributed by atoms with van der Waals surface area (Å²) in [6.45, 7) is 2.13. The Kier molecular flexibility index (Phi) is 4.30. The van der Waals surface area contributed by atoms with Gasteiger partial charge in [0.2, 0.25) is 5.91 Å². The van der Waals surface area contributed by atoms with E-state index in [0.29, 0.717) is 21.9 Å². The molecule has 2 nitrogen and oxygen atoms in total. The Bertz CT molecular complexity index is 922. The number of rotatable bonds is 3. The van der Waals surface area contributed by atoms with E-state index in [9.17, 15) is 4.79 Å². The molecule has 6 rings (SSSR count). The van der Waals surface area contributed by atoms with E-state index in [1.165, 1.54) is 30.4 Å². The van der Waals surface area contributed by atoms with Crippen molar-refractivity contribution in [2.45, 2.75) is 50.9 Å². The lowest BCUT2D eigenvalue weighted by Crippen LogP contribution is -2.57. The Labute approximate surface area is 176 Å². The van der Waals surface area contributed by atoms with Gasteiger partial charge in [-0.3, -0.25) is 4.79 Å². The zero-order valence-corrected chi connectivity index (χ0v) is 17.6. The zero-order valence-electron chi connectivity index (χ0n) is 16.1. The highest BCUT2D eigenvalue weighted by molar-refractivity contribution is 6.42. The third-order valence-corrected chi connectivity index (χ3v) is 8.12. The molecule has 2 aromatic carbocycles. The maximum absolute atomic E-state index is 13.5. The van der Waals surface area contributed by atoms with E-state index < -0.39 is 0 Å². The van der Waals surface area contributed by atoms with Gasteiger partial charge in [0.25, 0.3) is 0 Å². The van der Waals surface area contributed by atoms with Gasteiger partial charge in [0.1, 0.15) is 0 Å². The van der Waals surface area contributed by atoms with Crippen LogP contribution in [0.1, 0.15) is 49.7 Å². The maximum atomic E-state index is 13.5. The standard InChI is InChI=1S/C24H25Cl2NO/c1-15-2-4-18(5-3-15)23-10-16-8-17(11-23)13-24(12-16,14-23)22(28)27-19-6-7-20(25)21(26)9-19/h2-7,9,16-17H,8,10-14H2,1H3,(H,27,28)/t16-,17-,23?,24?/m1/s1. The second-order valence-corrected chi connectivity index (χ2v) is 10.3. The van der Waals surface area contributed by atoms with Crippen LogP contribution in [-0.2, 0) is 10.2 Å². The van der Waals surface area contributed by atoms with Crippen molar-refractivity contribution in [1.82, 2.24) is 0 Å². The van der Waals surface area contributed by atoms with Gasteiger partial charge in [-0.05, 0) is 86.5 Å². The fourth-order valence-corrected chi connectivity index (χ4v) is 6.91. The molecule has 1 amide bonds. The van der Waals surface area contributed by atoms with E-state index >= 15 is 0 Å². The molecule has 146 valence electrons. The molecule has 0 spiro atoms. The molecule has 2 aromatic rings. The summed E-state index contributed by atoms with van der Waals surface area (Å²) in [5.41, 5.74) is 3.35. The van der Waals surface area contributed by atoms with Crippen molar-refractivity contribution < 1.29 is 4.79 Å². The number of halogens is 2. The molecule has 0 heterocycles. The average Bonchev–Trinajstić information content (AvgIpc) is 2.64. The van der Waals surface area contributed by atoms with Crippen LogP contribution in [0, 0.1) is 24.2 Å². The van der Waals surface area contributed by atoms with E-state index in [1.54, 1.807) is 12.1 Å². The van der Waals surface area contributed by atoms with Gasteiger partial charge in [-0.2, -0.15) is 0 Å². The summed E-state index contributed by atoms with van der Waals surface area (Å²) in [5.74, 6) is 1.47. The first kappa shape index (κ1) is 18.5. The van der Waals surface area contributed by atoms with E-state index in [2.05, 4.69) is 36.5 Å². The highest BCUT2D eigenvalue weighted by Crippen LogP contribution is 2.66. The van der Waals surface area contributed by atoms with Crippen LogP contribution < -0.4 is 5.32 Å². The lowest BCUT2D eigenvalue weighted by Gasteiger charge is -2.61. The van der Waals surface area contributed by atoms with Gasteiger partial charge in [0.05, 0.1) is 15.5 Å². The third kappa shape index (κ3) is 2.97. The van der Waals surface area contributed by atoms with Crippen LogP contribution in [0.5, 0.6) is 0 Å². The first-order valence-electron chi connectivity index (χ1n) is 10.2. The highest BCUT2D eigenvalue weighted by atomic mass is 35.5. The lowest BCUT2D eigenvalue weighted by molar-refractivity contribution is -0.143. The van der Waals surface area contributed by atoms with Crippen LogP contribution in [0.3, 0.4) is 0 Å². The van der Waals surface area contributed by atoms with E-state index in [0.717, 1.165) is 24.9 Å². The molecule has 4 heteroatoms. The Morgan fingerprint density at radius 1 is 0.964 bits per heavy atom. The van der Waals surface area contributed by atoms with Crippen LogP contribution in [0.15, 0.2) is 42.5 Å². The smallest absolute Gasteiger partial charge is 0.230 e. The number of carbonyl (C=O) groups excluding carboxylic acids is 1. The summed E-state index contributed by atoms with van der Waals surface area (Å²) in [6, 6.07) is 14.4. The summed E-state index contributed by atoms with van der Waals surface area (Å²) < 4.78 is 0. The SMILES string of the molecule is Cc1ccc(C23C[C@H]4C[C@@H](CC(C(=O)Nc5ccc(Cl)c(Cl)c5)(C4)C2)C3)cc1. The van der Waals surface area contributed by atoms with Crippen molar-refractivity contribution in [3.05, 3.63) is 63.6 Å². The molecule has 4 aliphatic rings. The Balaban J connectivity index is 1.46. The van der Waals surface area contributed by atoms with Gasteiger partial charge in [0.15, 0.2) is 0 Å². The van der Waals surface area contributed by atoms with Crippen molar-refractivity contribution in [3.63, 3.8) is 0 Å². The van der Waals surface area contributed by atoms with Crippen LogP contribution in [0.4, 0.5) is 5.69 Å². The predicted molar refractivity (Wildman–Crippen MR) is 115 cm³/mol. The molecule has 2 atom stereocenters. The number of benzene rings is 2. The number of aryl methyl sites for hydroxylation is 1. The summed E-state index contributed by atoms with van der Waals surface area (Å²) in [6.07, 6.45) is 6.75. The maximum Gasteiger partial charge on any atom is 0.230 e. The molecule has 28 heavy (non-hydrogen) atoms. The minimum atomic E-state index is -0.263. The quantitative estimate of drug-likeness (QED) is 0.589. The molecule has 0 saturated heterocycles. The third-order valence-electron chi connectivity index (χ3n) is 7.38. The monoisotopic (exact) mass is 413 g/mol. The Morgan fingerprint density at radius 2 is 1.64 bits per heavy atom. The fraction of sp³-hybridized carbons (Fsp3) is 0.458. The van der Waals surface area contributed by atoms with Crippen LogP contribution in [0.25, 0.3) is 0 Å². The fourth-order valence-electron chi connectivity index (χ4n) is 6.61. The summed E-state index contributed by atoms with van der Waals surface area (Å²) >= 11 is 12.2. The molecule has 4 aliphatic carbocycles. The summed E-state index contributed by atoms with van der Waals surface area (Å²) in [5, 5.41) is 4.14. The molecule has 1 N–H and O–H groups in total. The molecule has 0 unspecified atom stereocenters. The van der Waals surface area contributed by atoms with Gasteiger partial charge in [-0.25, -0.2) is 0 Å². The number of hydrogen-bond donors (Lipinski definition) is 1. The Hall–Kier alpha value is -1.51. The van der Waals surface area contributed by atoms with Gasteiger partial charge in [0, 0.05) is 5.69 Å². The van der Waals surface area contributed by atoms with E-state index in [1.807, 2.05) is 6.07 Å². The van der Waals surface area contributed by atoms with Crippen LogP contribution in [0.2, 0.25) is 10.0 Å². The number of amides is 1. The molecule has 4 bridgehead atoms. The van der Waals surface area contributed by atoms with Gasteiger partial charge in [-0.15, -0.1) is 0 Å². The lowest BCUT2D eigenvalue weighted by atomic mass is 9.42. The van der Waals surface area contributed by atoms with Crippen molar-refractivity contribution in [2.75, 3.05) is 5.32 Å². The Morgan fingerprint density at radius 3 is 2.29 bits per heavy atom. The van der Waals surface area contributed by atoms with Crippen LogP contribution >= 0.6 is 23.2 Å². The first-order valence-corrected chi connectivity index (χ1v) is 11.0. The van der Waals surface area contributed by atoms with Gasteiger partial charge < -0.3 is 5.32 Å². The summed E-state index contributed by atoms with van der Waals surface area (Å²) in [4.78, 5) is 13.5. The molecule has 0 radical (unpaired) electrons. The number of hydrogen-bond acceptors (Lipinski definition) is 1. The molecule has 4 fully saturated rings. The van der Waals surface area contributed by atoms with Gasteiger partial charge in [-0.1, -0.05) is 53.0 Å².